The Bertz CT molecular complexity index is 686. The smallest absolute Gasteiger partial charge is 0.237 e. The number of nitrogens with two attached hydrogens (primary N) is 1. The first-order chi connectivity index (χ1) is 11.5. The number of hydrogen-bond donors (Lipinski definition) is 2. The Hall–Kier alpha value is -1.63. The summed E-state index contributed by atoms with van der Waals surface area (Å²) in [6.07, 6.45) is 0.656. The van der Waals surface area contributed by atoms with Gasteiger partial charge in [0, 0.05) is 23.5 Å². The van der Waals surface area contributed by atoms with E-state index in [4.69, 9.17) is 5.73 Å². The molecule has 2 aromatic rings. The van der Waals surface area contributed by atoms with Crippen LogP contribution in [-0.4, -0.2) is 18.5 Å². The molecular formula is C18H21ClF2N2OS. The molecule has 0 aliphatic carbocycles. The second-order valence-electron chi connectivity index (χ2n) is 5.54. The fourth-order valence-electron chi connectivity index (χ4n) is 2.11. The second-order valence-corrected chi connectivity index (χ2v) is 6.69. The van der Waals surface area contributed by atoms with Gasteiger partial charge in [0.2, 0.25) is 5.91 Å². The summed E-state index contributed by atoms with van der Waals surface area (Å²) in [4.78, 5) is 12.8. The van der Waals surface area contributed by atoms with Crippen molar-refractivity contribution in [1.82, 2.24) is 5.32 Å². The van der Waals surface area contributed by atoms with E-state index in [0.29, 0.717) is 13.0 Å². The molecular weight excluding hydrogens is 366 g/mol. The highest BCUT2D eigenvalue weighted by atomic mass is 35.5. The zero-order chi connectivity index (χ0) is 17.5. The minimum Gasteiger partial charge on any atom is -0.355 e. The Balaban J connectivity index is 0.00000312. The summed E-state index contributed by atoms with van der Waals surface area (Å²) in [6, 6.07) is 12.4. The first kappa shape index (κ1) is 21.4. The molecule has 2 aromatic carbocycles. The molecule has 7 heteroatoms. The number of nitrogens with one attached hydrogen (secondary N) is 1. The Labute approximate surface area is 156 Å². The average Bonchev–Trinajstić information content (AvgIpc) is 2.54. The molecule has 3 nitrogen and oxygen atoms in total. The van der Waals surface area contributed by atoms with Crippen LogP contribution in [0.3, 0.4) is 0 Å². The van der Waals surface area contributed by atoms with Crippen molar-refractivity contribution in [3.05, 3.63) is 65.7 Å². The number of thioether (sulfide) groups is 1. The molecule has 2 rings (SSSR count). The quantitative estimate of drug-likeness (QED) is 0.705. The third-order valence-electron chi connectivity index (χ3n) is 3.38. The van der Waals surface area contributed by atoms with Gasteiger partial charge in [-0.1, -0.05) is 30.3 Å². The van der Waals surface area contributed by atoms with Gasteiger partial charge in [-0.05, 0) is 31.0 Å². The van der Waals surface area contributed by atoms with Crippen molar-refractivity contribution in [2.75, 3.05) is 6.54 Å². The zero-order valence-electron chi connectivity index (χ0n) is 13.7. The van der Waals surface area contributed by atoms with Crippen molar-refractivity contribution in [3.8, 4) is 0 Å². The molecule has 2 unspecified atom stereocenters. The molecule has 0 heterocycles. The van der Waals surface area contributed by atoms with Crippen LogP contribution >= 0.6 is 24.2 Å². The minimum atomic E-state index is -0.677. The topological polar surface area (TPSA) is 55.1 Å². The standard InChI is InChI=1S/C18H20F2N2OS.ClH/c1-12(21)9-10-22-18(23)17(13-5-3-2-4-6-13)24-16-8-7-14(19)11-15(16)20;/h2-8,11-12,17H,9-10,21H2,1H3,(H,22,23);1H. The van der Waals surface area contributed by atoms with E-state index in [1.54, 1.807) is 0 Å². The third kappa shape index (κ3) is 6.65. The van der Waals surface area contributed by atoms with Crippen LogP contribution in [0.2, 0.25) is 0 Å². The molecule has 0 aliphatic rings. The van der Waals surface area contributed by atoms with Crippen LogP contribution in [-0.2, 0) is 4.79 Å². The first-order valence-electron chi connectivity index (χ1n) is 7.67. The minimum absolute atomic E-state index is 0. The maximum Gasteiger partial charge on any atom is 0.237 e. The molecule has 0 aromatic heterocycles. The molecule has 25 heavy (non-hydrogen) atoms. The number of amides is 1. The second kappa shape index (κ2) is 10.4. The predicted molar refractivity (Wildman–Crippen MR) is 99.9 cm³/mol. The average molecular weight is 387 g/mol. The molecule has 3 N–H and O–H groups in total. The first-order valence-corrected chi connectivity index (χ1v) is 8.55. The van der Waals surface area contributed by atoms with Gasteiger partial charge in [-0.25, -0.2) is 8.78 Å². The predicted octanol–water partition coefficient (Wildman–Crippen LogP) is 4.07. The summed E-state index contributed by atoms with van der Waals surface area (Å²) in [5.41, 5.74) is 6.44. The van der Waals surface area contributed by atoms with Crippen molar-refractivity contribution < 1.29 is 13.6 Å². The monoisotopic (exact) mass is 386 g/mol. The molecule has 2 atom stereocenters. The number of carbonyl (C=O) groups excluding carboxylic acids is 1. The van der Waals surface area contributed by atoms with Crippen LogP contribution in [0.5, 0.6) is 0 Å². The van der Waals surface area contributed by atoms with Gasteiger partial charge in [0.25, 0.3) is 0 Å². The van der Waals surface area contributed by atoms with Crippen LogP contribution in [0.25, 0.3) is 0 Å². The van der Waals surface area contributed by atoms with E-state index in [1.807, 2.05) is 37.3 Å². The van der Waals surface area contributed by atoms with E-state index < -0.39 is 16.9 Å². The number of benzene rings is 2. The van der Waals surface area contributed by atoms with Gasteiger partial charge in [0.1, 0.15) is 16.9 Å². The highest BCUT2D eigenvalue weighted by molar-refractivity contribution is 8.00. The number of hydrogen-bond acceptors (Lipinski definition) is 3. The van der Waals surface area contributed by atoms with Crippen molar-refractivity contribution in [2.45, 2.75) is 29.5 Å². The Morgan fingerprint density at radius 3 is 2.48 bits per heavy atom. The lowest BCUT2D eigenvalue weighted by Crippen LogP contribution is -2.31. The van der Waals surface area contributed by atoms with Crippen molar-refractivity contribution in [3.63, 3.8) is 0 Å². The van der Waals surface area contributed by atoms with E-state index in [-0.39, 0.29) is 29.3 Å². The largest absolute Gasteiger partial charge is 0.355 e. The van der Waals surface area contributed by atoms with Gasteiger partial charge in [0.05, 0.1) is 0 Å². The van der Waals surface area contributed by atoms with Crippen LogP contribution in [0.4, 0.5) is 8.78 Å². The van der Waals surface area contributed by atoms with E-state index in [9.17, 15) is 13.6 Å². The van der Waals surface area contributed by atoms with Crippen molar-refractivity contribution in [2.24, 2.45) is 5.73 Å². The maximum atomic E-state index is 13.9. The Kier molecular flexibility index (Phi) is 8.89. The lowest BCUT2D eigenvalue weighted by Gasteiger charge is -2.18. The van der Waals surface area contributed by atoms with Gasteiger partial charge >= 0.3 is 0 Å². The number of carbonyl (C=O) groups is 1. The van der Waals surface area contributed by atoms with Gasteiger partial charge < -0.3 is 11.1 Å². The highest BCUT2D eigenvalue weighted by Crippen LogP contribution is 2.36. The number of rotatable bonds is 7. The van der Waals surface area contributed by atoms with Crippen LogP contribution < -0.4 is 11.1 Å². The SMILES string of the molecule is CC(N)CCNC(=O)C(Sc1ccc(F)cc1F)c1ccccc1.Cl. The number of halogens is 3. The molecule has 0 bridgehead atoms. The summed E-state index contributed by atoms with van der Waals surface area (Å²) in [5, 5.41) is 2.20. The van der Waals surface area contributed by atoms with Crippen LogP contribution in [0, 0.1) is 11.6 Å². The van der Waals surface area contributed by atoms with Gasteiger partial charge in [-0.15, -0.1) is 24.2 Å². The highest BCUT2D eigenvalue weighted by Gasteiger charge is 2.23. The lowest BCUT2D eigenvalue weighted by molar-refractivity contribution is -0.120. The van der Waals surface area contributed by atoms with E-state index in [1.165, 1.54) is 12.1 Å². The molecule has 1 amide bonds. The van der Waals surface area contributed by atoms with E-state index in [0.717, 1.165) is 23.4 Å². The lowest BCUT2D eigenvalue weighted by atomic mass is 10.1. The Morgan fingerprint density at radius 2 is 1.88 bits per heavy atom. The van der Waals surface area contributed by atoms with Gasteiger partial charge in [-0.2, -0.15) is 0 Å². The Morgan fingerprint density at radius 1 is 1.20 bits per heavy atom. The maximum absolute atomic E-state index is 13.9. The summed E-state index contributed by atoms with van der Waals surface area (Å²) in [7, 11) is 0. The summed E-state index contributed by atoms with van der Waals surface area (Å²) < 4.78 is 27.0. The van der Waals surface area contributed by atoms with Crippen molar-refractivity contribution >= 4 is 30.1 Å². The zero-order valence-corrected chi connectivity index (χ0v) is 15.4. The molecule has 0 saturated heterocycles. The van der Waals surface area contributed by atoms with Crippen LogP contribution in [0.15, 0.2) is 53.4 Å². The molecule has 0 radical (unpaired) electrons. The summed E-state index contributed by atoms with van der Waals surface area (Å²) in [6.45, 7) is 2.32. The van der Waals surface area contributed by atoms with E-state index in [2.05, 4.69) is 5.32 Å². The third-order valence-corrected chi connectivity index (χ3v) is 4.69. The molecule has 0 aliphatic heterocycles. The molecule has 0 spiro atoms. The normalized spacial score (nSPS) is 12.8. The van der Waals surface area contributed by atoms with Gasteiger partial charge in [0.15, 0.2) is 0 Å². The summed E-state index contributed by atoms with van der Waals surface area (Å²) in [5.74, 6) is -1.55. The fourth-order valence-corrected chi connectivity index (χ4v) is 3.17. The molecule has 0 saturated carbocycles. The van der Waals surface area contributed by atoms with E-state index >= 15 is 0 Å². The molecule has 0 fully saturated rings. The summed E-state index contributed by atoms with van der Waals surface area (Å²) >= 11 is 1.06. The van der Waals surface area contributed by atoms with Gasteiger partial charge in [-0.3, -0.25) is 4.79 Å². The molecule has 136 valence electrons. The van der Waals surface area contributed by atoms with Crippen LogP contribution in [0.1, 0.15) is 24.2 Å². The fraction of sp³-hybridized carbons (Fsp3) is 0.278. The van der Waals surface area contributed by atoms with Crippen molar-refractivity contribution in [1.29, 1.82) is 0 Å².